The summed E-state index contributed by atoms with van der Waals surface area (Å²) in [6.45, 7) is 2.24. The molecule has 1 fully saturated rings. The van der Waals surface area contributed by atoms with Crippen molar-refractivity contribution in [2.24, 2.45) is 11.8 Å². The van der Waals surface area contributed by atoms with Gasteiger partial charge >= 0.3 is 0 Å². The van der Waals surface area contributed by atoms with Crippen molar-refractivity contribution in [2.45, 2.75) is 62.2 Å². The first kappa shape index (κ1) is 15.7. The van der Waals surface area contributed by atoms with E-state index in [1.54, 1.807) is 0 Å². The van der Waals surface area contributed by atoms with E-state index in [1.165, 1.54) is 44.9 Å². The van der Waals surface area contributed by atoms with Crippen LogP contribution in [0.2, 0.25) is 0 Å². The Morgan fingerprint density at radius 3 is 2.53 bits per heavy atom. The van der Waals surface area contributed by atoms with E-state index in [0.717, 1.165) is 22.2 Å². The molecule has 0 aromatic rings. The Morgan fingerprint density at radius 2 is 1.94 bits per heavy atom. The predicted octanol–water partition coefficient (Wildman–Crippen LogP) is 5.12. The van der Waals surface area contributed by atoms with Crippen LogP contribution in [0.4, 0.5) is 4.39 Å². The smallest absolute Gasteiger partial charge is 0.188 e. The summed E-state index contributed by atoms with van der Waals surface area (Å²) in [5.74, 6) is 1.78. The van der Waals surface area contributed by atoms with E-state index in [1.807, 2.05) is 0 Å². The van der Waals surface area contributed by atoms with Crippen LogP contribution in [-0.4, -0.2) is 17.4 Å². The minimum absolute atomic E-state index is 0.596. The van der Waals surface area contributed by atoms with Crippen molar-refractivity contribution in [1.29, 1.82) is 0 Å². The van der Waals surface area contributed by atoms with E-state index in [9.17, 15) is 4.39 Å². The van der Waals surface area contributed by atoms with E-state index in [0.29, 0.717) is 6.61 Å². The van der Waals surface area contributed by atoms with Gasteiger partial charge in [-0.05, 0) is 50.4 Å². The second-order valence-corrected chi connectivity index (χ2v) is 6.98. The van der Waals surface area contributed by atoms with Crippen molar-refractivity contribution in [3.05, 3.63) is 0 Å². The SMILES string of the molecule is CCCC(CCCOCF)C1CCC(I)CC1. The molecule has 0 aromatic heterocycles. The van der Waals surface area contributed by atoms with Gasteiger partial charge in [-0.2, -0.15) is 0 Å². The van der Waals surface area contributed by atoms with E-state index in [2.05, 4.69) is 29.5 Å². The summed E-state index contributed by atoms with van der Waals surface area (Å²) in [6, 6.07) is 0. The van der Waals surface area contributed by atoms with Gasteiger partial charge in [0.25, 0.3) is 0 Å². The van der Waals surface area contributed by atoms with Gasteiger partial charge in [0.05, 0.1) is 0 Å². The zero-order valence-corrected chi connectivity index (χ0v) is 13.1. The number of ether oxygens (including phenoxy) is 1. The fraction of sp³-hybridized carbons (Fsp3) is 1.00. The molecular formula is C14H26FIO. The van der Waals surface area contributed by atoms with E-state index in [-0.39, 0.29) is 0 Å². The van der Waals surface area contributed by atoms with Gasteiger partial charge < -0.3 is 4.74 Å². The molecule has 3 heteroatoms. The van der Waals surface area contributed by atoms with E-state index in [4.69, 9.17) is 4.74 Å². The first-order valence-electron chi connectivity index (χ1n) is 7.05. The Hall–Kier alpha value is 0.620. The van der Waals surface area contributed by atoms with Crippen LogP contribution in [0.15, 0.2) is 0 Å². The van der Waals surface area contributed by atoms with Crippen molar-refractivity contribution < 1.29 is 9.13 Å². The lowest BCUT2D eigenvalue weighted by Gasteiger charge is -2.32. The highest BCUT2D eigenvalue weighted by Crippen LogP contribution is 2.37. The average Bonchev–Trinajstić information content (AvgIpc) is 2.34. The monoisotopic (exact) mass is 356 g/mol. The fourth-order valence-corrected chi connectivity index (χ4v) is 3.76. The van der Waals surface area contributed by atoms with Gasteiger partial charge in [-0.1, -0.05) is 42.4 Å². The number of hydrogen-bond acceptors (Lipinski definition) is 1. The highest BCUT2D eigenvalue weighted by Gasteiger charge is 2.25. The van der Waals surface area contributed by atoms with Crippen LogP contribution in [0.1, 0.15) is 58.3 Å². The molecule has 1 nitrogen and oxygen atoms in total. The number of halogens is 2. The van der Waals surface area contributed by atoms with Gasteiger partial charge in [0.1, 0.15) is 0 Å². The molecule has 0 heterocycles. The topological polar surface area (TPSA) is 9.23 Å². The molecule has 0 amide bonds. The van der Waals surface area contributed by atoms with Crippen molar-refractivity contribution in [2.75, 3.05) is 13.5 Å². The molecule has 1 aliphatic rings. The van der Waals surface area contributed by atoms with Crippen molar-refractivity contribution in [1.82, 2.24) is 0 Å². The zero-order chi connectivity index (χ0) is 12.5. The maximum atomic E-state index is 11.8. The van der Waals surface area contributed by atoms with E-state index < -0.39 is 6.86 Å². The maximum Gasteiger partial charge on any atom is 0.188 e. The lowest BCUT2D eigenvalue weighted by atomic mass is 9.76. The quantitative estimate of drug-likeness (QED) is 0.333. The molecule has 1 saturated carbocycles. The minimum Gasteiger partial charge on any atom is -0.350 e. The Labute approximate surface area is 119 Å². The standard InChI is InChI=1S/C14H26FIO/c1-2-4-12(5-3-10-17-11-15)13-6-8-14(16)9-7-13/h12-14H,2-11H2,1H3. The number of rotatable bonds is 8. The van der Waals surface area contributed by atoms with Crippen molar-refractivity contribution in [3.63, 3.8) is 0 Å². The molecule has 0 aliphatic heterocycles. The van der Waals surface area contributed by atoms with Gasteiger partial charge in [0, 0.05) is 10.5 Å². The average molecular weight is 356 g/mol. The molecule has 1 unspecified atom stereocenters. The molecular weight excluding hydrogens is 330 g/mol. The van der Waals surface area contributed by atoms with Crippen LogP contribution in [0.5, 0.6) is 0 Å². The van der Waals surface area contributed by atoms with E-state index >= 15 is 0 Å². The molecule has 17 heavy (non-hydrogen) atoms. The van der Waals surface area contributed by atoms with Crippen LogP contribution < -0.4 is 0 Å². The van der Waals surface area contributed by atoms with Crippen LogP contribution in [0.25, 0.3) is 0 Å². The molecule has 1 atom stereocenters. The number of alkyl halides is 2. The van der Waals surface area contributed by atoms with Gasteiger partial charge in [0.2, 0.25) is 0 Å². The normalized spacial score (nSPS) is 27.0. The summed E-state index contributed by atoms with van der Waals surface area (Å²) in [5, 5.41) is 0. The summed E-state index contributed by atoms with van der Waals surface area (Å²) in [4.78, 5) is 0. The second-order valence-electron chi connectivity index (χ2n) is 5.22. The minimum atomic E-state index is -0.627. The summed E-state index contributed by atoms with van der Waals surface area (Å²) in [7, 11) is 0. The molecule has 102 valence electrons. The second kappa shape index (κ2) is 9.54. The Kier molecular flexibility index (Phi) is 8.79. The molecule has 0 N–H and O–H groups in total. The predicted molar refractivity (Wildman–Crippen MR) is 79.3 cm³/mol. The summed E-state index contributed by atoms with van der Waals surface area (Å²) in [5.41, 5.74) is 0. The Balaban J connectivity index is 2.26. The summed E-state index contributed by atoms with van der Waals surface area (Å²) >= 11 is 2.59. The highest BCUT2D eigenvalue weighted by atomic mass is 127. The highest BCUT2D eigenvalue weighted by molar-refractivity contribution is 14.1. The molecule has 1 rings (SSSR count). The fourth-order valence-electron chi connectivity index (χ4n) is 3.04. The largest absolute Gasteiger partial charge is 0.350 e. The maximum absolute atomic E-state index is 11.8. The first-order valence-corrected chi connectivity index (χ1v) is 8.30. The zero-order valence-electron chi connectivity index (χ0n) is 11.0. The Bertz CT molecular complexity index is 181. The lowest BCUT2D eigenvalue weighted by molar-refractivity contribution is 0.0513. The van der Waals surface area contributed by atoms with Crippen LogP contribution in [0.3, 0.4) is 0 Å². The molecule has 0 saturated heterocycles. The van der Waals surface area contributed by atoms with Gasteiger partial charge in [-0.25, -0.2) is 4.39 Å². The van der Waals surface area contributed by atoms with Crippen LogP contribution in [-0.2, 0) is 4.74 Å². The van der Waals surface area contributed by atoms with Crippen LogP contribution >= 0.6 is 22.6 Å². The van der Waals surface area contributed by atoms with Crippen molar-refractivity contribution in [3.8, 4) is 0 Å². The summed E-state index contributed by atoms with van der Waals surface area (Å²) < 4.78 is 17.5. The lowest BCUT2D eigenvalue weighted by Crippen LogP contribution is -2.22. The van der Waals surface area contributed by atoms with Crippen molar-refractivity contribution >= 4 is 22.6 Å². The molecule has 0 bridgehead atoms. The third-order valence-corrected chi connectivity index (χ3v) is 5.21. The summed E-state index contributed by atoms with van der Waals surface area (Å²) in [6.07, 6.45) is 10.5. The van der Waals surface area contributed by atoms with Crippen LogP contribution in [0, 0.1) is 11.8 Å². The van der Waals surface area contributed by atoms with Gasteiger partial charge in [-0.15, -0.1) is 0 Å². The first-order chi connectivity index (χ1) is 8.27. The molecule has 0 spiro atoms. The Morgan fingerprint density at radius 1 is 1.24 bits per heavy atom. The molecule has 0 radical (unpaired) electrons. The molecule has 1 aliphatic carbocycles. The van der Waals surface area contributed by atoms with Gasteiger partial charge in [0.15, 0.2) is 6.86 Å². The third-order valence-electron chi connectivity index (χ3n) is 3.97. The third kappa shape index (κ3) is 6.37. The molecule has 0 aromatic carbocycles. The van der Waals surface area contributed by atoms with Gasteiger partial charge in [-0.3, -0.25) is 0 Å². The number of hydrogen-bond donors (Lipinski definition) is 0.